The fraction of sp³-hybridized carbons (Fsp3) is 0.152. The number of hydrogen-bond donors (Lipinski definition) is 0. The molecule has 3 aliphatic carbocycles. The Labute approximate surface area is 256 Å². The third-order valence-corrected chi connectivity index (χ3v) is 9.32. The maximum absolute atomic E-state index is 14.4. The molecule has 4 aromatic carbocycles. The summed E-state index contributed by atoms with van der Waals surface area (Å²) in [5.74, 6) is -4.42. The van der Waals surface area contributed by atoms with Crippen LogP contribution in [0, 0.1) is 11.8 Å². The third-order valence-electron chi connectivity index (χ3n) is 8.52. The molecule has 4 aromatic rings. The Morgan fingerprint density at radius 3 is 1.62 bits per heavy atom. The Hall–Kier alpha value is -3.97. The molecule has 3 amide bonds. The molecule has 6 nitrogen and oxygen atoms in total. The van der Waals surface area contributed by atoms with Crippen LogP contribution in [0.25, 0.3) is 0 Å². The Morgan fingerprint density at radius 1 is 0.667 bits per heavy atom. The van der Waals surface area contributed by atoms with Crippen molar-refractivity contribution in [1.29, 1.82) is 0 Å². The number of benzene rings is 4. The molecule has 0 N–H and O–H groups in total. The van der Waals surface area contributed by atoms with E-state index >= 15 is 0 Å². The van der Waals surface area contributed by atoms with Crippen LogP contribution in [0.5, 0.6) is 0 Å². The highest BCUT2D eigenvalue weighted by Crippen LogP contribution is 2.61. The number of Topliss-reactive ketones (excluding diaryl/α,β-unsaturated/α-hetero) is 1. The Bertz CT molecular complexity index is 1710. The summed E-state index contributed by atoms with van der Waals surface area (Å²) in [6, 6.07) is 26.2. The van der Waals surface area contributed by atoms with E-state index in [1.165, 1.54) is 42.5 Å². The molecule has 0 saturated carbocycles. The first-order valence-corrected chi connectivity index (χ1v) is 14.5. The second-order valence-electron chi connectivity index (χ2n) is 10.7. The van der Waals surface area contributed by atoms with Crippen molar-refractivity contribution in [1.82, 2.24) is 10.0 Å². The third kappa shape index (κ3) is 4.01. The number of imide groups is 1. The first-order valence-electron chi connectivity index (χ1n) is 13.4. The average Bonchev–Trinajstić information content (AvgIpc) is 3.25. The zero-order valence-corrected chi connectivity index (χ0v) is 24.1. The van der Waals surface area contributed by atoms with Crippen LogP contribution in [0.15, 0.2) is 91.0 Å². The summed E-state index contributed by atoms with van der Waals surface area (Å²) in [6.45, 7) is -0.588. The molecule has 0 radical (unpaired) electrons. The lowest BCUT2D eigenvalue weighted by molar-refractivity contribution is -0.154. The van der Waals surface area contributed by atoms with Gasteiger partial charge in [-0.05, 0) is 64.7 Å². The lowest BCUT2D eigenvalue weighted by Gasteiger charge is -2.45. The number of nitrogens with zero attached hydrogens (tertiary/aromatic N) is 2. The zero-order valence-electron chi connectivity index (χ0n) is 21.8. The van der Waals surface area contributed by atoms with Crippen molar-refractivity contribution < 1.29 is 19.2 Å². The largest absolute Gasteiger partial charge is 0.292 e. The van der Waals surface area contributed by atoms with Gasteiger partial charge in [-0.25, -0.2) is 5.01 Å². The molecule has 1 aliphatic heterocycles. The quantitative estimate of drug-likeness (QED) is 0.183. The fourth-order valence-electron chi connectivity index (χ4n) is 6.81. The van der Waals surface area contributed by atoms with Crippen LogP contribution < -0.4 is 0 Å². The summed E-state index contributed by atoms with van der Waals surface area (Å²) in [7, 11) is 0. The predicted molar refractivity (Wildman–Crippen MR) is 159 cm³/mol. The van der Waals surface area contributed by atoms with Gasteiger partial charge < -0.3 is 0 Å². The van der Waals surface area contributed by atoms with Crippen LogP contribution in [0.3, 0.4) is 0 Å². The molecule has 0 aromatic heterocycles. The van der Waals surface area contributed by atoms with Gasteiger partial charge in [0.15, 0.2) is 5.78 Å². The first kappa shape index (κ1) is 26.9. The molecule has 9 heteroatoms. The minimum absolute atomic E-state index is 0.100. The van der Waals surface area contributed by atoms with E-state index in [9.17, 15) is 19.2 Å². The maximum Gasteiger partial charge on any atom is 0.273 e. The molecule has 1 saturated heterocycles. The van der Waals surface area contributed by atoms with Crippen LogP contribution in [-0.4, -0.2) is 40.1 Å². The predicted octanol–water partition coefficient (Wildman–Crippen LogP) is 6.78. The van der Waals surface area contributed by atoms with Gasteiger partial charge in [0.05, 0.1) is 16.9 Å². The zero-order chi connectivity index (χ0) is 29.3. The fourth-order valence-corrected chi connectivity index (χ4v) is 7.45. The van der Waals surface area contributed by atoms with E-state index in [2.05, 4.69) is 0 Å². The second-order valence-corrected chi connectivity index (χ2v) is 12.0. The molecule has 42 heavy (non-hydrogen) atoms. The average molecular weight is 616 g/mol. The number of carbonyl (C=O) groups excluding carboxylic acids is 4. The van der Waals surface area contributed by atoms with Crippen LogP contribution >= 0.6 is 34.8 Å². The van der Waals surface area contributed by atoms with Crippen molar-refractivity contribution in [3.63, 3.8) is 0 Å². The van der Waals surface area contributed by atoms with Gasteiger partial charge >= 0.3 is 0 Å². The van der Waals surface area contributed by atoms with E-state index in [1.807, 2.05) is 48.5 Å². The van der Waals surface area contributed by atoms with E-state index < -0.39 is 41.9 Å². The number of hydrogen-bond acceptors (Lipinski definition) is 4. The summed E-state index contributed by atoms with van der Waals surface area (Å²) in [4.78, 5) is 56.3. The van der Waals surface area contributed by atoms with Crippen molar-refractivity contribution >= 4 is 58.3 Å². The van der Waals surface area contributed by atoms with E-state index in [-0.39, 0.29) is 28.0 Å². The minimum atomic E-state index is -0.720. The van der Waals surface area contributed by atoms with E-state index in [0.717, 1.165) is 32.3 Å². The molecular weight excluding hydrogens is 595 g/mol. The van der Waals surface area contributed by atoms with E-state index in [0.29, 0.717) is 10.0 Å². The van der Waals surface area contributed by atoms with Crippen molar-refractivity contribution in [2.24, 2.45) is 11.8 Å². The normalized spacial score (nSPS) is 21.5. The molecule has 4 aliphatic rings. The molecule has 8 rings (SSSR count). The molecule has 0 unspecified atom stereocenters. The summed E-state index contributed by atoms with van der Waals surface area (Å²) >= 11 is 18.4. The second kappa shape index (κ2) is 10.1. The molecular formula is C33H21Cl3N2O4. The van der Waals surface area contributed by atoms with Gasteiger partial charge in [0.1, 0.15) is 6.54 Å². The summed E-state index contributed by atoms with van der Waals surface area (Å²) < 4.78 is 0. The van der Waals surface area contributed by atoms with Gasteiger partial charge in [-0.1, -0.05) is 83.3 Å². The summed E-state index contributed by atoms with van der Waals surface area (Å²) in [5.41, 5.74) is 4.30. The van der Waals surface area contributed by atoms with Gasteiger partial charge in [-0.15, -0.1) is 0 Å². The van der Waals surface area contributed by atoms with Gasteiger partial charge in [-0.2, -0.15) is 5.01 Å². The number of carbonyl (C=O) groups is 4. The molecule has 1 fully saturated rings. The van der Waals surface area contributed by atoms with Gasteiger partial charge in [-0.3, -0.25) is 19.2 Å². The van der Waals surface area contributed by atoms with Crippen molar-refractivity contribution in [3.05, 3.63) is 139 Å². The lowest BCUT2D eigenvalue weighted by atomic mass is 9.55. The number of hydrazine groups is 1. The Morgan fingerprint density at radius 2 is 1.14 bits per heavy atom. The molecule has 1 heterocycles. The first-order chi connectivity index (χ1) is 20.3. The van der Waals surface area contributed by atoms with Crippen molar-refractivity contribution in [3.8, 4) is 0 Å². The number of rotatable bonds is 5. The van der Waals surface area contributed by atoms with Crippen molar-refractivity contribution in [2.75, 3.05) is 6.54 Å². The Kier molecular flexibility index (Phi) is 6.46. The highest BCUT2D eigenvalue weighted by atomic mass is 35.5. The standard InChI is InChI=1S/C33H21Cl3N2O4/c34-18-11-9-17(10-12-18)31(40)37(16-26(39)24-14-13-19(35)15-25(24)36)38-32(41)29-27-20-5-1-2-6-21(20)28(30(29)33(38)42)23-8-4-3-7-22(23)27/h1-15,27-30H,16H2/t27?,28?,29-,30-/m1/s1. The monoisotopic (exact) mass is 614 g/mol. The lowest BCUT2D eigenvalue weighted by Crippen LogP contribution is -2.52. The number of amides is 3. The summed E-state index contributed by atoms with van der Waals surface area (Å²) in [5, 5.41) is 2.70. The van der Waals surface area contributed by atoms with Gasteiger partial charge in [0.2, 0.25) is 0 Å². The molecule has 2 bridgehead atoms. The van der Waals surface area contributed by atoms with Crippen LogP contribution in [0.4, 0.5) is 0 Å². The number of halogens is 3. The Balaban J connectivity index is 1.33. The molecule has 208 valence electrons. The van der Waals surface area contributed by atoms with Gasteiger partial charge in [0.25, 0.3) is 17.7 Å². The van der Waals surface area contributed by atoms with E-state index in [4.69, 9.17) is 34.8 Å². The molecule has 0 spiro atoms. The smallest absolute Gasteiger partial charge is 0.273 e. The van der Waals surface area contributed by atoms with Crippen LogP contribution in [0.2, 0.25) is 15.1 Å². The van der Waals surface area contributed by atoms with Crippen LogP contribution in [0.1, 0.15) is 54.8 Å². The van der Waals surface area contributed by atoms with E-state index in [1.54, 1.807) is 0 Å². The summed E-state index contributed by atoms with van der Waals surface area (Å²) in [6.07, 6.45) is 0. The topological polar surface area (TPSA) is 74.8 Å². The number of ketones is 1. The minimum Gasteiger partial charge on any atom is -0.292 e. The SMILES string of the molecule is O=C(CN(C(=O)c1ccc(Cl)cc1)N1C(=O)[C@@H]2C3c4ccccc4C(c4ccccc43)[C@H]2C1=O)c1ccc(Cl)cc1Cl. The van der Waals surface area contributed by atoms with Crippen LogP contribution in [-0.2, 0) is 9.59 Å². The highest BCUT2D eigenvalue weighted by Gasteiger charge is 2.63. The molecule has 2 atom stereocenters. The highest BCUT2D eigenvalue weighted by molar-refractivity contribution is 6.37. The van der Waals surface area contributed by atoms with Gasteiger partial charge in [0, 0.05) is 33.0 Å². The maximum atomic E-state index is 14.4. The van der Waals surface area contributed by atoms with Crippen molar-refractivity contribution in [2.45, 2.75) is 11.8 Å².